The Morgan fingerprint density at radius 1 is 1.00 bits per heavy atom. The van der Waals surface area contributed by atoms with E-state index >= 15 is 0 Å². The van der Waals surface area contributed by atoms with E-state index in [-0.39, 0.29) is 17.7 Å². The smallest absolute Gasteiger partial charge is 0.254 e. The molecule has 0 radical (unpaired) electrons. The summed E-state index contributed by atoms with van der Waals surface area (Å²) in [6.45, 7) is 3.21. The van der Waals surface area contributed by atoms with Gasteiger partial charge in [-0.05, 0) is 62.2 Å². The Morgan fingerprint density at radius 3 is 2.55 bits per heavy atom. The third-order valence-corrected chi connectivity index (χ3v) is 6.83. The van der Waals surface area contributed by atoms with E-state index in [0.29, 0.717) is 19.5 Å². The molecule has 5 heteroatoms. The molecule has 2 heterocycles. The average Bonchev–Trinajstić information content (AvgIpc) is 3.28. The molecule has 1 saturated carbocycles. The van der Waals surface area contributed by atoms with Gasteiger partial charge in [-0.1, -0.05) is 37.0 Å². The van der Waals surface area contributed by atoms with Gasteiger partial charge < -0.3 is 14.6 Å². The van der Waals surface area contributed by atoms with Crippen LogP contribution in [0.4, 0.5) is 5.69 Å². The summed E-state index contributed by atoms with van der Waals surface area (Å²) in [5.41, 5.74) is 4.67. The van der Waals surface area contributed by atoms with Crippen molar-refractivity contribution in [1.29, 1.82) is 0 Å². The average molecular weight is 443 g/mol. The number of benzene rings is 2. The molecule has 5 rings (SSSR count). The van der Waals surface area contributed by atoms with E-state index in [1.165, 1.54) is 6.42 Å². The van der Waals surface area contributed by atoms with Crippen LogP contribution in [0, 0.1) is 12.8 Å². The van der Waals surface area contributed by atoms with Crippen LogP contribution in [0.1, 0.15) is 59.3 Å². The van der Waals surface area contributed by atoms with Gasteiger partial charge in [0.15, 0.2) is 0 Å². The van der Waals surface area contributed by atoms with Crippen LogP contribution in [0.25, 0.3) is 11.3 Å². The van der Waals surface area contributed by atoms with Crippen molar-refractivity contribution >= 4 is 17.5 Å². The molecule has 1 aliphatic carbocycles. The molecule has 0 saturated heterocycles. The molecule has 0 bridgehead atoms. The largest absolute Gasteiger partial charge is 0.461 e. The number of nitrogens with one attached hydrogen (secondary N) is 1. The summed E-state index contributed by atoms with van der Waals surface area (Å²) in [7, 11) is 0. The first-order valence-corrected chi connectivity index (χ1v) is 12.0. The van der Waals surface area contributed by atoms with Crippen molar-refractivity contribution < 1.29 is 14.0 Å². The number of rotatable bonds is 4. The number of anilines is 1. The minimum absolute atomic E-state index is 0.0603. The topological polar surface area (TPSA) is 62.6 Å². The van der Waals surface area contributed by atoms with Crippen molar-refractivity contribution in [3.05, 3.63) is 77.0 Å². The molecule has 0 atom stereocenters. The van der Waals surface area contributed by atoms with Gasteiger partial charge in [-0.15, -0.1) is 0 Å². The van der Waals surface area contributed by atoms with E-state index in [9.17, 15) is 9.59 Å². The lowest BCUT2D eigenvalue weighted by molar-refractivity contribution is -0.120. The van der Waals surface area contributed by atoms with Gasteiger partial charge in [-0.2, -0.15) is 0 Å². The monoisotopic (exact) mass is 442 g/mol. The summed E-state index contributed by atoms with van der Waals surface area (Å²) in [6.07, 6.45) is 6.23. The highest BCUT2D eigenvalue weighted by Gasteiger charge is 2.25. The molecular formula is C28H30N2O3. The number of aryl methyl sites for hydroxylation is 1. The van der Waals surface area contributed by atoms with Crippen molar-refractivity contribution in [2.45, 2.75) is 52.0 Å². The van der Waals surface area contributed by atoms with Gasteiger partial charge >= 0.3 is 0 Å². The normalized spacial score (nSPS) is 16.3. The molecule has 33 heavy (non-hydrogen) atoms. The highest BCUT2D eigenvalue weighted by Crippen LogP contribution is 2.31. The quantitative estimate of drug-likeness (QED) is 0.541. The number of carbonyl (C=O) groups is 2. The SMILES string of the molecule is Cc1cccc(C(=O)N2CCc3oc(-c4ccc(NC(=O)C5CCCCC5)cc4)cc3C2)c1. The number of nitrogens with zero attached hydrogens (tertiary/aromatic N) is 1. The van der Waals surface area contributed by atoms with Gasteiger partial charge in [0.05, 0.1) is 0 Å². The molecule has 0 unspecified atom stereocenters. The van der Waals surface area contributed by atoms with Gasteiger partial charge in [0, 0.05) is 47.8 Å². The molecule has 2 aliphatic rings. The van der Waals surface area contributed by atoms with Crippen LogP contribution in [-0.4, -0.2) is 23.3 Å². The Hall–Kier alpha value is -3.34. The van der Waals surface area contributed by atoms with Gasteiger partial charge in [0.1, 0.15) is 11.5 Å². The number of amides is 2. The van der Waals surface area contributed by atoms with E-state index in [1.54, 1.807) is 0 Å². The molecule has 3 aromatic rings. The molecule has 5 nitrogen and oxygen atoms in total. The second-order valence-corrected chi connectivity index (χ2v) is 9.31. The van der Waals surface area contributed by atoms with Crippen LogP contribution in [0.3, 0.4) is 0 Å². The Labute approximate surface area is 194 Å². The summed E-state index contributed by atoms with van der Waals surface area (Å²) >= 11 is 0. The number of hydrogen-bond donors (Lipinski definition) is 1. The Kier molecular flexibility index (Phi) is 6.03. The van der Waals surface area contributed by atoms with E-state index < -0.39 is 0 Å². The van der Waals surface area contributed by atoms with Gasteiger partial charge in [0.25, 0.3) is 5.91 Å². The molecule has 1 fully saturated rings. The van der Waals surface area contributed by atoms with Crippen LogP contribution in [0.15, 0.2) is 59.0 Å². The minimum atomic E-state index is 0.0603. The summed E-state index contributed by atoms with van der Waals surface area (Å²) in [5, 5.41) is 3.06. The lowest BCUT2D eigenvalue weighted by atomic mass is 9.88. The molecule has 170 valence electrons. The van der Waals surface area contributed by atoms with E-state index in [4.69, 9.17) is 4.42 Å². The second-order valence-electron chi connectivity index (χ2n) is 9.31. The van der Waals surface area contributed by atoms with Crippen LogP contribution in [0.5, 0.6) is 0 Å². The zero-order valence-corrected chi connectivity index (χ0v) is 19.1. The lowest BCUT2D eigenvalue weighted by Gasteiger charge is -2.26. The summed E-state index contributed by atoms with van der Waals surface area (Å²) in [6, 6.07) is 17.6. The summed E-state index contributed by atoms with van der Waals surface area (Å²) in [4.78, 5) is 27.3. The number of hydrogen-bond acceptors (Lipinski definition) is 3. The highest BCUT2D eigenvalue weighted by atomic mass is 16.3. The molecule has 2 aromatic carbocycles. The fourth-order valence-corrected chi connectivity index (χ4v) is 4.94. The van der Waals surface area contributed by atoms with Crippen molar-refractivity contribution in [2.75, 3.05) is 11.9 Å². The summed E-state index contributed by atoms with van der Waals surface area (Å²) < 4.78 is 6.14. The molecule has 1 aliphatic heterocycles. The van der Waals surface area contributed by atoms with Crippen LogP contribution in [-0.2, 0) is 17.8 Å². The van der Waals surface area contributed by atoms with Crippen LogP contribution < -0.4 is 5.32 Å². The molecule has 1 N–H and O–H groups in total. The standard InChI is InChI=1S/C28H30N2O3/c1-19-6-5-9-22(16-19)28(32)30-15-14-25-23(18-30)17-26(33-25)20-10-12-24(13-11-20)29-27(31)21-7-3-2-4-8-21/h5-6,9-13,16-17,21H,2-4,7-8,14-15,18H2,1H3,(H,29,31). The zero-order chi connectivity index (χ0) is 22.8. The molecule has 0 spiro atoms. The molecule has 2 amide bonds. The molecule has 1 aromatic heterocycles. The zero-order valence-electron chi connectivity index (χ0n) is 19.1. The van der Waals surface area contributed by atoms with Crippen molar-refractivity contribution in [3.63, 3.8) is 0 Å². The number of fused-ring (bicyclic) bond motifs is 1. The second kappa shape index (κ2) is 9.26. The van der Waals surface area contributed by atoms with Gasteiger partial charge in [-0.3, -0.25) is 9.59 Å². The number of furan rings is 1. The maximum atomic E-state index is 12.9. The number of carbonyl (C=O) groups excluding carboxylic acids is 2. The lowest BCUT2D eigenvalue weighted by Crippen LogP contribution is -2.35. The van der Waals surface area contributed by atoms with Crippen molar-refractivity contribution in [3.8, 4) is 11.3 Å². The van der Waals surface area contributed by atoms with Crippen LogP contribution >= 0.6 is 0 Å². The first kappa shape index (κ1) is 21.5. The van der Waals surface area contributed by atoms with E-state index in [0.717, 1.165) is 65.1 Å². The van der Waals surface area contributed by atoms with Gasteiger partial charge in [0.2, 0.25) is 5.91 Å². The first-order valence-electron chi connectivity index (χ1n) is 12.0. The van der Waals surface area contributed by atoms with E-state index in [2.05, 4.69) is 5.32 Å². The van der Waals surface area contributed by atoms with E-state index in [1.807, 2.05) is 66.4 Å². The predicted molar refractivity (Wildman–Crippen MR) is 129 cm³/mol. The first-order chi connectivity index (χ1) is 16.1. The fourth-order valence-electron chi connectivity index (χ4n) is 4.94. The maximum absolute atomic E-state index is 12.9. The predicted octanol–water partition coefficient (Wildman–Crippen LogP) is 5.97. The Morgan fingerprint density at radius 2 is 1.79 bits per heavy atom. The third-order valence-electron chi connectivity index (χ3n) is 6.83. The Balaban J connectivity index is 1.25. The van der Waals surface area contributed by atoms with Crippen molar-refractivity contribution in [2.24, 2.45) is 5.92 Å². The highest BCUT2D eigenvalue weighted by molar-refractivity contribution is 5.94. The fraction of sp³-hybridized carbons (Fsp3) is 0.357. The minimum Gasteiger partial charge on any atom is -0.461 e. The van der Waals surface area contributed by atoms with Gasteiger partial charge in [-0.25, -0.2) is 0 Å². The molecular weight excluding hydrogens is 412 g/mol. The third kappa shape index (κ3) is 4.72. The van der Waals surface area contributed by atoms with Crippen LogP contribution in [0.2, 0.25) is 0 Å². The Bertz CT molecular complexity index is 1160. The summed E-state index contributed by atoms with van der Waals surface area (Å²) in [5.74, 6) is 2.09. The van der Waals surface area contributed by atoms with Crippen molar-refractivity contribution in [1.82, 2.24) is 4.90 Å². The maximum Gasteiger partial charge on any atom is 0.254 e.